The molecule has 0 N–H and O–H groups in total. The third-order valence-electron chi connectivity index (χ3n) is 8.00. The van der Waals surface area contributed by atoms with Crippen molar-refractivity contribution in [3.05, 3.63) is 103 Å². The van der Waals surface area contributed by atoms with E-state index in [4.69, 9.17) is 4.74 Å². The van der Waals surface area contributed by atoms with Crippen LogP contribution < -0.4 is 16.1 Å². The number of ether oxygens (including phenoxy) is 1. The molecule has 39 heavy (non-hydrogen) atoms. The van der Waals surface area contributed by atoms with Gasteiger partial charge in [-0.2, -0.15) is 0 Å². The number of hydrogen-bond acceptors (Lipinski definition) is 6. The SMILES string of the molecule is COC(=O)Cc1ccc2c(c1)C(=CCCN1CCN(c3cc(=O)n(C)c(=O)n3C)CC1)c1ccccc1CC2. The van der Waals surface area contributed by atoms with E-state index in [1.165, 1.54) is 42.0 Å². The van der Waals surface area contributed by atoms with Gasteiger partial charge in [-0.3, -0.25) is 23.6 Å². The van der Waals surface area contributed by atoms with E-state index in [0.29, 0.717) is 5.82 Å². The van der Waals surface area contributed by atoms with Crippen LogP contribution in [0.4, 0.5) is 5.82 Å². The van der Waals surface area contributed by atoms with Crippen LogP contribution in [0.2, 0.25) is 0 Å². The zero-order valence-electron chi connectivity index (χ0n) is 23.0. The molecule has 1 aliphatic heterocycles. The van der Waals surface area contributed by atoms with Crippen LogP contribution in [0.3, 0.4) is 0 Å². The number of hydrogen-bond donors (Lipinski definition) is 0. The molecule has 1 fully saturated rings. The second-order valence-electron chi connectivity index (χ2n) is 10.4. The summed E-state index contributed by atoms with van der Waals surface area (Å²) in [6.07, 6.45) is 5.47. The fourth-order valence-corrected chi connectivity index (χ4v) is 5.69. The molecule has 0 spiro atoms. The summed E-state index contributed by atoms with van der Waals surface area (Å²) in [7, 11) is 4.65. The van der Waals surface area contributed by atoms with Gasteiger partial charge in [-0.05, 0) is 52.7 Å². The Morgan fingerprint density at radius 3 is 2.36 bits per heavy atom. The Hall–Kier alpha value is -3.91. The Kier molecular flexibility index (Phi) is 7.84. The van der Waals surface area contributed by atoms with Crippen LogP contribution in [0, 0.1) is 0 Å². The fourth-order valence-electron chi connectivity index (χ4n) is 5.69. The van der Waals surface area contributed by atoms with Crippen LogP contribution in [-0.2, 0) is 42.9 Å². The van der Waals surface area contributed by atoms with E-state index < -0.39 is 0 Å². The van der Waals surface area contributed by atoms with Crippen molar-refractivity contribution in [3.8, 4) is 0 Å². The van der Waals surface area contributed by atoms with Gasteiger partial charge in [-0.1, -0.05) is 48.5 Å². The lowest BCUT2D eigenvalue weighted by molar-refractivity contribution is -0.139. The first-order valence-electron chi connectivity index (χ1n) is 13.6. The zero-order valence-corrected chi connectivity index (χ0v) is 23.0. The van der Waals surface area contributed by atoms with E-state index >= 15 is 0 Å². The van der Waals surface area contributed by atoms with Crippen molar-refractivity contribution in [3.63, 3.8) is 0 Å². The van der Waals surface area contributed by atoms with Crippen molar-refractivity contribution in [2.75, 3.05) is 44.7 Å². The van der Waals surface area contributed by atoms with Crippen molar-refractivity contribution in [1.29, 1.82) is 0 Å². The predicted octanol–water partition coefficient (Wildman–Crippen LogP) is 2.54. The first-order chi connectivity index (χ1) is 18.9. The largest absolute Gasteiger partial charge is 0.469 e. The van der Waals surface area contributed by atoms with Crippen molar-refractivity contribution in [2.45, 2.75) is 25.7 Å². The van der Waals surface area contributed by atoms with E-state index in [1.807, 2.05) is 6.07 Å². The summed E-state index contributed by atoms with van der Waals surface area (Å²) >= 11 is 0. The minimum absolute atomic E-state index is 0.232. The first kappa shape index (κ1) is 26.7. The molecule has 0 saturated carbocycles. The van der Waals surface area contributed by atoms with Crippen LogP contribution in [0.5, 0.6) is 0 Å². The second kappa shape index (κ2) is 11.5. The number of fused-ring (bicyclic) bond motifs is 2. The van der Waals surface area contributed by atoms with Gasteiger partial charge in [-0.25, -0.2) is 4.79 Å². The molecule has 1 aromatic heterocycles. The number of aryl methyl sites for hydroxylation is 2. The van der Waals surface area contributed by atoms with Gasteiger partial charge in [0.25, 0.3) is 5.56 Å². The highest BCUT2D eigenvalue weighted by Gasteiger charge is 2.21. The highest BCUT2D eigenvalue weighted by atomic mass is 16.5. The number of aromatic nitrogens is 2. The summed E-state index contributed by atoms with van der Waals surface area (Å²) in [5.41, 5.74) is 6.75. The van der Waals surface area contributed by atoms with Gasteiger partial charge in [0.2, 0.25) is 0 Å². The molecular formula is C31H36N4O4. The highest BCUT2D eigenvalue weighted by molar-refractivity contribution is 5.84. The van der Waals surface area contributed by atoms with E-state index in [0.717, 1.165) is 62.1 Å². The van der Waals surface area contributed by atoms with Crippen LogP contribution >= 0.6 is 0 Å². The molecule has 8 nitrogen and oxygen atoms in total. The summed E-state index contributed by atoms with van der Waals surface area (Å²) in [6.45, 7) is 4.18. The normalized spacial score (nSPS) is 16.5. The lowest BCUT2D eigenvalue weighted by Crippen LogP contribution is -2.49. The summed E-state index contributed by atoms with van der Waals surface area (Å²) in [5, 5.41) is 0. The van der Waals surface area contributed by atoms with Crippen LogP contribution in [0.1, 0.15) is 34.2 Å². The maximum absolute atomic E-state index is 12.4. The number of rotatable bonds is 6. The molecular weight excluding hydrogens is 492 g/mol. The number of carbonyl (C=O) groups is 1. The van der Waals surface area contributed by atoms with Crippen LogP contribution in [0.15, 0.2) is 64.2 Å². The Bertz CT molecular complexity index is 1530. The Balaban J connectivity index is 1.32. The van der Waals surface area contributed by atoms with Gasteiger partial charge in [0.05, 0.1) is 13.5 Å². The maximum atomic E-state index is 12.4. The minimum Gasteiger partial charge on any atom is -0.469 e. The summed E-state index contributed by atoms with van der Waals surface area (Å²) in [6, 6.07) is 16.5. The van der Waals surface area contributed by atoms with Gasteiger partial charge in [0.1, 0.15) is 5.82 Å². The number of piperazine rings is 1. The average Bonchev–Trinajstić information content (AvgIpc) is 3.11. The molecule has 2 heterocycles. The molecule has 5 rings (SSSR count). The number of nitrogens with zero attached hydrogens (tertiary/aromatic N) is 4. The van der Waals surface area contributed by atoms with E-state index in [1.54, 1.807) is 17.7 Å². The maximum Gasteiger partial charge on any atom is 0.332 e. The molecule has 0 bridgehead atoms. The van der Waals surface area contributed by atoms with E-state index in [-0.39, 0.29) is 23.6 Å². The smallest absolute Gasteiger partial charge is 0.332 e. The van der Waals surface area contributed by atoms with Gasteiger partial charge < -0.3 is 9.64 Å². The van der Waals surface area contributed by atoms with Crippen LogP contribution in [0.25, 0.3) is 5.57 Å². The molecule has 2 aromatic carbocycles. The molecule has 1 aliphatic carbocycles. The number of carbonyl (C=O) groups excluding carboxylic acids is 1. The third-order valence-corrected chi connectivity index (χ3v) is 8.00. The second-order valence-corrected chi connectivity index (χ2v) is 10.4. The quantitative estimate of drug-likeness (QED) is 0.458. The monoisotopic (exact) mass is 528 g/mol. The zero-order chi connectivity index (χ0) is 27.5. The van der Waals surface area contributed by atoms with Gasteiger partial charge in [-0.15, -0.1) is 0 Å². The topological polar surface area (TPSA) is 76.8 Å². The molecule has 1 saturated heterocycles. The number of esters is 1. The molecule has 204 valence electrons. The Morgan fingerprint density at radius 1 is 0.897 bits per heavy atom. The first-order valence-corrected chi connectivity index (χ1v) is 13.6. The molecule has 0 radical (unpaired) electrons. The average molecular weight is 529 g/mol. The van der Waals surface area contributed by atoms with Crippen LogP contribution in [-0.4, -0.2) is 59.8 Å². The Labute approximate surface area is 228 Å². The molecule has 0 unspecified atom stereocenters. The highest BCUT2D eigenvalue weighted by Crippen LogP contribution is 2.34. The number of methoxy groups -OCH3 is 1. The lowest BCUT2D eigenvalue weighted by atomic mass is 9.91. The van der Waals surface area contributed by atoms with Crippen molar-refractivity contribution >= 4 is 17.4 Å². The van der Waals surface area contributed by atoms with Crippen molar-refractivity contribution in [2.24, 2.45) is 14.1 Å². The summed E-state index contributed by atoms with van der Waals surface area (Å²) in [4.78, 5) is 41.0. The molecule has 0 amide bonds. The van der Waals surface area contributed by atoms with E-state index in [2.05, 4.69) is 52.3 Å². The van der Waals surface area contributed by atoms with E-state index in [9.17, 15) is 14.4 Å². The Morgan fingerprint density at radius 2 is 1.62 bits per heavy atom. The number of benzene rings is 2. The van der Waals surface area contributed by atoms with Gasteiger partial charge >= 0.3 is 11.7 Å². The number of anilines is 1. The van der Waals surface area contributed by atoms with Gasteiger partial charge in [0, 0.05) is 52.9 Å². The van der Waals surface area contributed by atoms with Crippen molar-refractivity contribution in [1.82, 2.24) is 14.0 Å². The third kappa shape index (κ3) is 5.61. The lowest BCUT2D eigenvalue weighted by Gasteiger charge is -2.36. The molecule has 8 heteroatoms. The molecule has 0 atom stereocenters. The van der Waals surface area contributed by atoms with Crippen molar-refractivity contribution < 1.29 is 9.53 Å². The van der Waals surface area contributed by atoms with Gasteiger partial charge in [0.15, 0.2) is 0 Å². The fraction of sp³-hybridized carbons (Fsp3) is 0.387. The summed E-state index contributed by atoms with van der Waals surface area (Å²) in [5.74, 6) is 0.448. The molecule has 3 aromatic rings. The summed E-state index contributed by atoms with van der Waals surface area (Å²) < 4.78 is 7.59. The predicted molar refractivity (Wildman–Crippen MR) is 153 cm³/mol. The minimum atomic E-state index is -0.301. The standard InChI is InChI=1S/C31H36N4O4/c1-32-28(21-29(36)33(2)31(32)38)35-17-15-34(16-18-35)14-6-9-26-25-8-5-4-7-23(25)12-13-24-11-10-22(19-27(24)26)20-30(37)39-3/h4-5,7-11,19,21H,6,12-18,20H2,1-3H3. The molecule has 2 aliphatic rings.